The van der Waals surface area contributed by atoms with Gasteiger partial charge in [-0.05, 0) is 12.1 Å². The molecule has 2 aromatic rings. The number of halogens is 4. The Kier molecular flexibility index (Phi) is 2.13. The van der Waals surface area contributed by atoms with Crippen LogP contribution in [0, 0.1) is 5.82 Å². The van der Waals surface area contributed by atoms with Crippen molar-refractivity contribution in [3.8, 4) is 0 Å². The molecule has 0 aliphatic rings. The summed E-state index contributed by atoms with van der Waals surface area (Å²) in [5.41, 5.74) is 0.146. The van der Waals surface area contributed by atoms with E-state index in [1.165, 1.54) is 18.2 Å². The maximum atomic E-state index is 13.1. The highest BCUT2D eigenvalue weighted by molar-refractivity contribution is 5.79. The molecular weight excluding hydrogens is 212 g/mol. The van der Waals surface area contributed by atoms with Gasteiger partial charge in [0, 0.05) is 0 Å². The molecule has 0 fully saturated rings. The number of hydrogen-bond donors (Lipinski definition) is 0. The van der Waals surface area contributed by atoms with Crippen LogP contribution < -0.4 is 0 Å². The van der Waals surface area contributed by atoms with Crippen molar-refractivity contribution in [1.29, 1.82) is 0 Å². The summed E-state index contributed by atoms with van der Waals surface area (Å²) in [6.45, 7) is -1.21. The molecule has 0 aliphatic carbocycles. The average molecular weight is 218 g/mol. The van der Waals surface area contributed by atoms with E-state index in [0.29, 0.717) is 0 Å². The first-order valence-corrected chi connectivity index (χ1v) is 4.14. The number of alkyl halides is 3. The van der Waals surface area contributed by atoms with Gasteiger partial charge in [-0.25, -0.2) is 4.39 Å². The van der Waals surface area contributed by atoms with Crippen LogP contribution in [-0.4, -0.2) is 16.0 Å². The molecular formula is C9H6F4N2. The van der Waals surface area contributed by atoms with Gasteiger partial charge in [-0.3, -0.25) is 4.68 Å². The largest absolute Gasteiger partial charge is 0.408 e. The molecule has 0 amide bonds. The molecule has 0 unspecified atom stereocenters. The highest BCUT2D eigenvalue weighted by Gasteiger charge is 2.29. The lowest BCUT2D eigenvalue weighted by Gasteiger charge is -2.07. The zero-order valence-corrected chi connectivity index (χ0v) is 7.42. The van der Waals surface area contributed by atoms with Gasteiger partial charge < -0.3 is 0 Å². The third kappa shape index (κ3) is 1.93. The van der Waals surface area contributed by atoms with Crippen molar-refractivity contribution >= 4 is 10.9 Å². The van der Waals surface area contributed by atoms with Crippen LogP contribution in [0.3, 0.4) is 0 Å². The van der Waals surface area contributed by atoms with Gasteiger partial charge in [0.2, 0.25) is 0 Å². The predicted molar refractivity (Wildman–Crippen MR) is 45.7 cm³/mol. The smallest absolute Gasteiger partial charge is 0.256 e. The van der Waals surface area contributed by atoms with Gasteiger partial charge in [0.25, 0.3) is 0 Å². The van der Waals surface area contributed by atoms with E-state index in [2.05, 4.69) is 5.10 Å². The molecule has 0 saturated carbocycles. The fourth-order valence-corrected chi connectivity index (χ4v) is 1.36. The van der Waals surface area contributed by atoms with Crippen LogP contribution in [0.25, 0.3) is 10.9 Å². The van der Waals surface area contributed by atoms with E-state index in [-0.39, 0.29) is 10.9 Å². The Morgan fingerprint density at radius 3 is 2.67 bits per heavy atom. The van der Waals surface area contributed by atoms with E-state index < -0.39 is 18.5 Å². The summed E-state index contributed by atoms with van der Waals surface area (Å²) < 4.78 is 50.1. The zero-order valence-electron chi connectivity index (χ0n) is 7.42. The highest BCUT2D eigenvalue weighted by atomic mass is 19.4. The second kappa shape index (κ2) is 3.22. The first-order valence-electron chi connectivity index (χ1n) is 4.14. The second-order valence-electron chi connectivity index (χ2n) is 3.09. The number of rotatable bonds is 1. The number of fused-ring (bicyclic) bond motifs is 1. The summed E-state index contributed by atoms with van der Waals surface area (Å²) in [6, 6.07) is 3.94. The Morgan fingerprint density at radius 2 is 2.00 bits per heavy atom. The lowest BCUT2D eigenvalue weighted by Crippen LogP contribution is -2.18. The van der Waals surface area contributed by atoms with Crippen LogP contribution in [0.5, 0.6) is 0 Å². The molecule has 0 bridgehead atoms. The minimum atomic E-state index is -4.36. The van der Waals surface area contributed by atoms with Gasteiger partial charge in [-0.15, -0.1) is 0 Å². The number of benzene rings is 1. The lowest BCUT2D eigenvalue weighted by atomic mass is 10.2. The van der Waals surface area contributed by atoms with Crippen molar-refractivity contribution < 1.29 is 17.6 Å². The monoisotopic (exact) mass is 218 g/mol. The summed E-state index contributed by atoms with van der Waals surface area (Å²) in [5, 5.41) is 3.60. The molecule has 0 radical (unpaired) electrons. The molecule has 0 saturated heterocycles. The van der Waals surface area contributed by atoms with Gasteiger partial charge >= 0.3 is 6.18 Å². The predicted octanol–water partition coefficient (Wildman–Crippen LogP) is 2.74. The quantitative estimate of drug-likeness (QED) is 0.673. The van der Waals surface area contributed by atoms with Gasteiger partial charge in [0.15, 0.2) is 0 Å². The summed E-state index contributed by atoms with van der Waals surface area (Å²) in [4.78, 5) is 0. The molecule has 0 spiro atoms. The number of aromatic nitrogens is 2. The molecule has 15 heavy (non-hydrogen) atoms. The molecule has 1 heterocycles. The highest BCUT2D eigenvalue weighted by Crippen LogP contribution is 2.22. The van der Waals surface area contributed by atoms with E-state index >= 15 is 0 Å². The summed E-state index contributed by atoms with van der Waals surface area (Å²) in [5.74, 6) is -0.569. The fourth-order valence-electron chi connectivity index (χ4n) is 1.36. The Morgan fingerprint density at radius 1 is 1.27 bits per heavy atom. The van der Waals surface area contributed by atoms with E-state index in [1.54, 1.807) is 0 Å². The van der Waals surface area contributed by atoms with E-state index in [4.69, 9.17) is 0 Å². The van der Waals surface area contributed by atoms with Crippen LogP contribution >= 0.6 is 0 Å². The number of hydrogen-bond acceptors (Lipinski definition) is 1. The maximum absolute atomic E-state index is 13.1. The van der Waals surface area contributed by atoms with Crippen molar-refractivity contribution in [2.75, 3.05) is 0 Å². The van der Waals surface area contributed by atoms with Crippen LogP contribution in [0.2, 0.25) is 0 Å². The summed E-state index contributed by atoms with van der Waals surface area (Å²) >= 11 is 0. The minimum Gasteiger partial charge on any atom is -0.256 e. The van der Waals surface area contributed by atoms with Gasteiger partial charge in [0.1, 0.15) is 12.4 Å². The molecule has 0 aliphatic heterocycles. The maximum Gasteiger partial charge on any atom is 0.408 e. The van der Waals surface area contributed by atoms with E-state index in [0.717, 1.165) is 10.9 Å². The normalized spacial score (nSPS) is 12.3. The van der Waals surface area contributed by atoms with Crippen molar-refractivity contribution in [2.45, 2.75) is 12.7 Å². The van der Waals surface area contributed by atoms with Crippen LogP contribution in [-0.2, 0) is 6.54 Å². The Balaban J connectivity index is 2.50. The molecule has 2 rings (SSSR count). The van der Waals surface area contributed by atoms with Crippen molar-refractivity contribution in [1.82, 2.24) is 9.78 Å². The third-order valence-electron chi connectivity index (χ3n) is 1.96. The van der Waals surface area contributed by atoms with Crippen LogP contribution in [0.1, 0.15) is 0 Å². The second-order valence-corrected chi connectivity index (χ2v) is 3.09. The SMILES string of the molecule is Fc1cccc2c1cnn2CC(F)(F)F. The van der Waals surface area contributed by atoms with Gasteiger partial charge in [-0.1, -0.05) is 6.07 Å². The molecule has 1 aromatic carbocycles. The standard InChI is InChI=1S/C9H6F4N2/c10-7-2-1-3-8-6(7)4-14-15(8)5-9(11,12)13/h1-4H,5H2. The molecule has 2 nitrogen and oxygen atoms in total. The summed E-state index contributed by atoms with van der Waals surface area (Å²) in [7, 11) is 0. The molecule has 6 heteroatoms. The first-order chi connectivity index (χ1) is 6.97. The fraction of sp³-hybridized carbons (Fsp3) is 0.222. The summed E-state index contributed by atoms with van der Waals surface area (Å²) in [6.07, 6.45) is -3.26. The van der Waals surface area contributed by atoms with E-state index in [1.807, 2.05) is 0 Å². The van der Waals surface area contributed by atoms with Crippen molar-refractivity contribution in [2.24, 2.45) is 0 Å². The van der Waals surface area contributed by atoms with Crippen molar-refractivity contribution in [3.05, 3.63) is 30.2 Å². The Labute approximate surface area is 82.1 Å². The third-order valence-corrected chi connectivity index (χ3v) is 1.96. The number of nitrogens with zero attached hydrogens (tertiary/aromatic N) is 2. The van der Waals surface area contributed by atoms with Crippen LogP contribution in [0.15, 0.2) is 24.4 Å². The molecule has 0 N–H and O–H groups in total. The van der Waals surface area contributed by atoms with Gasteiger partial charge in [-0.2, -0.15) is 18.3 Å². The lowest BCUT2D eigenvalue weighted by molar-refractivity contribution is -0.141. The Bertz CT molecular complexity index is 486. The first kappa shape index (κ1) is 9.95. The van der Waals surface area contributed by atoms with Crippen molar-refractivity contribution in [3.63, 3.8) is 0 Å². The molecule has 1 aromatic heterocycles. The van der Waals surface area contributed by atoms with E-state index in [9.17, 15) is 17.6 Å². The average Bonchev–Trinajstić information content (AvgIpc) is 2.48. The zero-order chi connectivity index (χ0) is 11.1. The Hall–Kier alpha value is -1.59. The minimum absolute atomic E-state index is 0.0988. The van der Waals surface area contributed by atoms with Crippen LogP contribution in [0.4, 0.5) is 17.6 Å². The molecule has 80 valence electrons. The molecule has 0 atom stereocenters. The topological polar surface area (TPSA) is 17.8 Å². The van der Waals surface area contributed by atoms with Gasteiger partial charge in [0.05, 0.1) is 17.1 Å².